The number of carbonyl (C=O) groups is 1. The van der Waals surface area contributed by atoms with Crippen LogP contribution in [0.15, 0.2) is 146 Å². The Kier molecular flexibility index (Phi) is 8.72. The van der Waals surface area contributed by atoms with Crippen LogP contribution in [0.2, 0.25) is 0 Å². The minimum Gasteiger partial charge on any atom is -0.446 e. The fourth-order valence-electron chi connectivity index (χ4n) is 7.70. The fourth-order valence-corrected chi connectivity index (χ4v) is 12.9. The van der Waals surface area contributed by atoms with Gasteiger partial charge in [0, 0.05) is 12.1 Å². The van der Waals surface area contributed by atoms with E-state index in [-0.39, 0.29) is 29.2 Å². The molecule has 3 nitrogen and oxygen atoms in total. The summed E-state index contributed by atoms with van der Waals surface area (Å²) in [6.07, 6.45) is 10.9. The topological polar surface area (TPSA) is 29.5 Å². The number of benzene rings is 4. The maximum absolute atomic E-state index is 14.6. The number of carbonyl (C=O) groups excluding carboxylic acids is 1. The van der Waals surface area contributed by atoms with Gasteiger partial charge >= 0.3 is 6.09 Å². The van der Waals surface area contributed by atoms with Gasteiger partial charge in [-0.25, -0.2) is 4.79 Å². The summed E-state index contributed by atoms with van der Waals surface area (Å²) < 4.78 is 6.68. The molecule has 6 rings (SSSR count). The Hall–Kier alpha value is -4.15. The van der Waals surface area contributed by atoms with Crippen molar-refractivity contribution in [1.29, 1.82) is 0 Å². The van der Waals surface area contributed by atoms with Gasteiger partial charge in [-0.2, -0.15) is 0 Å². The second-order valence-electron chi connectivity index (χ2n) is 13.0. The van der Waals surface area contributed by atoms with Gasteiger partial charge < -0.3 is 4.74 Å². The molecule has 0 N–H and O–H groups in total. The standard InChI is InChI=1S/C40H43NO2Si/c1-31-27-28-36(40(2,3)32-18-8-4-9-19-32)37(30-31)43-39(42)41-29-17-16-26-38(41)44(33-20-10-5-11-21-33,34-22-12-6-13-23-34)35-24-14-7-15-25-35/h4-26,29,31,36-38H,27-28,30H2,1-3H3/t31-,36-,37-,38+/m1/s1. The molecule has 0 radical (unpaired) electrons. The Morgan fingerprint density at radius 1 is 0.727 bits per heavy atom. The Labute approximate surface area is 263 Å². The molecule has 1 saturated carbocycles. The third kappa shape index (κ3) is 5.59. The van der Waals surface area contributed by atoms with Gasteiger partial charge in [0.25, 0.3) is 0 Å². The minimum atomic E-state index is -2.85. The summed E-state index contributed by atoms with van der Waals surface area (Å²) >= 11 is 0. The smallest absolute Gasteiger partial charge is 0.414 e. The van der Waals surface area contributed by atoms with E-state index in [2.05, 4.69) is 154 Å². The predicted octanol–water partition coefficient (Wildman–Crippen LogP) is 7.37. The SMILES string of the molecule is C[C@@H]1CC[C@@H](C(C)(C)c2ccccc2)[C@H](OC(=O)N2C=CC=C[C@@H]2[Si](c2ccccc2)(c2ccccc2)c2ccccc2)C1. The Bertz CT molecular complexity index is 1490. The highest BCUT2D eigenvalue weighted by atomic mass is 28.3. The molecular formula is C40H43NO2Si. The van der Waals surface area contributed by atoms with Crippen LogP contribution in [0.4, 0.5) is 4.79 Å². The van der Waals surface area contributed by atoms with Crippen molar-refractivity contribution in [3.8, 4) is 0 Å². The van der Waals surface area contributed by atoms with E-state index in [0.29, 0.717) is 5.92 Å². The molecule has 4 aromatic rings. The number of nitrogens with zero attached hydrogens (tertiary/aromatic N) is 1. The van der Waals surface area contributed by atoms with E-state index in [1.54, 1.807) is 0 Å². The molecule has 1 aliphatic heterocycles. The second-order valence-corrected chi connectivity index (χ2v) is 17.0. The lowest BCUT2D eigenvalue weighted by Crippen LogP contribution is -2.77. The Morgan fingerprint density at radius 2 is 1.23 bits per heavy atom. The number of amides is 1. The first-order valence-corrected chi connectivity index (χ1v) is 18.1. The van der Waals surface area contributed by atoms with Gasteiger partial charge in [0.2, 0.25) is 0 Å². The predicted molar refractivity (Wildman–Crippen MR) is 184 cm³/mol. The molecule has 0 aromatic heterocycles. The summed E-state index contributed by atoms with van der Waals surface area (Å²) in [6.45, 7) is 6.92. The molecule has 0 spiro atoms. The number of rotatable bonds is 7. The van der Waals surface area contributed by atoms with Crippen LogP contribution in [0.25, 0.3) is 0 Å². The summed E-state index contributed by atoms with van der Waals surface area (Å²) in [5.74, 6) is 0.738. The highest BCUT2D eigenvalue weighted by Gasteiger charge is 2.50. The van der Waals surface area contributed by atoms with Crippen LogP contribution in [0.3, 0.4) is 0 Å². The lowest BCUT2D eigenvalue weighted by atomic mass is 9.64. The number of allylic oxidation sites excluding steroid dienone is 2. The van der Waals surface area contributed by atoms with Crippen molar-refractivity contribution in [1.82, 2.24) is 4.90 Å². The molecule has 4 atom stereocenters. The molecule has 1 amide bonds. The number of hydrogen-bond acceptors (Lipinski definition) is 2. The average Bonchev–Trinajstić information content (AvgIpc) is 3.07. The van der Waals surface area contributed by atoms with E-state index in [4.69, 9.17) is 4.74 Å². The zero-order valence-electron chi connectivity index (χ0n) is 26.1. The first kappa shape index (κ1) is 29.9. The van der Waals surface area contributed by atoms with E-state index >= 15 is 0 Å². The van der Waals surface area contributed by atoms with Crippen molar-refractivity contribution in [3.05, 3.63) is 151 Å². The van der Waals surface area contributed by atoms with Crippen molar-refractivity contribution in [3.63, 3.8) is 0 Å². The second kappa shape index (κ2) is 12.8. The molecule has 0 bridgehead atoms. The zero-order chi connectivity index (χ0) is 30.6. The van der Waals surface area contributed by atoms with Gasteiger partial charge in [-0.1, -0.05) is 161 Å². The number of hydrogen-bond donors (Lipinski definition) is 0. The van der Waals surface area contributed by atoms with Crippen LogP contribution in [-0.4, -0.2) is 30.8 Å². The normalized spacial score (nSPS) is 22.0. The average molecular weight is 598 g/mol. The van der Waals surface area contributed by atoms with Crippen molar-refractivity contribution in [2.24, 2.45) is 11.8 Å². The molecule has 224 valence electrons. The van der Waals surface area contributed by atoms with Crippen molar-refractivity contribution in [2.45, 2.75) is 57.2 Å². The summed E-state index contributed by atoms with van der Waals surface area (Å²) in [5, 5.41) is 3.78. The van der Waals surface area contributed by atoms with E-state index in [1.165, 1.54) is 21.1 Å². The fraction of sp³-hybridized carbons (Fsp3) is 0.275. The molecule has 1 aliphatic carbocycles. The number of ether oxygens (including phenoxy) is 1. The Morgan fingerprint density at radius 3 is 1.75 bits per heavy atom. The first-order valence-electron chi connectivity index (χ1n) is 16.0. The maximum atomic E-state index is 14.6. The Balaban J connectivity index is 1.42. The van der Waals surface area contributed by atoms with E-state index in [9.17, 15) is 4.79 Å². The lowest BCUT2D eigenvalue weighted by molar-refractivity contribution is -0.0139. The van der Waals surface area contributed by atoms with Gasteiger partial charge in [-0.3, -0.25) is 4.90 Å². The summed E-state index contributed by atoms with van der Waals surface area (Å²) in [7, 11) is -2.85. The van der Waals surface area contributed by atoms with Gasteiger partial charge in [0.1, 0.15) is 6.10 Å². The zero-order valence-corrected chi connectivity index (χ0v) is 27.1. The molecule has 2 aliphatic rings. The van der Waals surface area contributed by atoms with Crippen molar-refractivity contribution >= 4 is 29.7 Å². The summed E-state index contributed by atoms with van der Waals surface area (Å²) in [6, 6.07) is 43.1. The highest BCUT2D eigenvalue weighted by molar-refractivity contribution is 7.12. The van der Waals surface area contributed by atoms with Gasteiger partial charge in [-0.15, -0.1) is 0 Å². The minimum absolute atomic E-state index is 0.125. The van der Waals surface area contributed by atoms with E-state index < -0.39 is 8.07 Å². The molecule has 4 heteroatoms. The molecule has 1 fully saturated rings. The third-order valence-electron chi connectivity index (χ3n) is 10.0. The van der Waals surface area contributed by atoms with Crippen molar-refractivity contribution < 1.29 is 9.53 Å². The molecule has 4 aromatic carbocycles. The van der Waals surface area contributed by atoms with Crippen LogP contribution in [0.1, 0.15) is 45.6 Å². The van der Waals surface area contributed by atoms with Crippen molar-refractivity contribution in [2.75, 3.05) is 0 Å². The maximum Gasteiger partial charge on any atom is 0.414 e. The van der Waals surface area contributed by atoms with E-state index in [1.807, 2.05) is 17.2 Å². The monoisotopic (exact) mass is 597 g/mol. The quantitative estimate of drug-likeness (QED) is 0.164. The van der Waals surface area contributed by atoms with Crippen LogP contribution < -0.4 is 15.6 Å². The molecular weight excluding hydrogens is 555 g/mol. The lowest BCUT2D eigenvalue weighted by Gasteiger charge is -2.46. The molecule has 0 saturated heterocycles. The van der Waals surface area contributed by atoms with Gasteiger partial charge in [0.05, 0.1) is 5.67 Å². The summed E-state index contributed by atoms with van der Waals surface area (Å²) in [5.41, 5.74) is 0.955. The molecule has 44 heavy (non-hydrogen) atoms. The highest BCUT2D eigenvalue weighted by Crippen LogP contribution is 2.44. The summed E-state index contributed by atoms with van der Waals surface area (Å²) in [4.78, 5) is 16.5. The van der Waals surface area contributed by atoms with Gasteiger partial charge in [-0.05, 0) is 51.4 Å². The molecule has 1 heterocycles. The van der Waals surface area contributed by atoms with Crippen LogP contribution in [-0.2, 0) is 10.2 Å². The van der Waals surface area contributed by atoms with Gasteiger partial charge in [0.15, 0.2) is 8.07 Å². The largest absolute Gasteiger partial charge is 0.446 e. The third-order valence-corrected chi connectivity index (χ3v) is 15.1. The van der Waals surface area contributed by atoms with Crippen LogP contribution >= 0.6 is 0 Å². The van der Waals surface area contributed by atoms with Crippen LogP contribution in [0, 0.1) is 11.8 Å². The van der Waals surface area contributed by atoms with E-state index in [0.717, 1.165) is 19.3 Å². The van der Waals surface area contributed by atoms with Crippen LogP contribution in [0.5, 0.6) is 0 Å². The molecule has 0 unspecified atom stereocenters. The first-order chi connectivity index (χ1) is 21.4.